The zero-order valence-corrected chi connectivity index (χ0v) is 20.0. The fourth-order valence-electron chi connectivity index (χ4n) is 3.52. The van der Waals surface area contributed by atoms with E-state index in [1.807, 2.05) is 6.92 Å². The lowest BCUT2D eigenvalue weighted by Gasteiger charge is -2.15. The van der Waals surface area contributed by atoms with Gasteiger partial charge in [0.1, 0.15) is 0 Å². The largest absolute Gasteiger partial charge is 0.417 e. The minimum absolute atomic E-state index is 0.0928. The lowest BCUT2D eigenvalue weighted by Crippen LogP contribution is -2.19. The standard InChI is InChI=1S/C25H21ClF2N6O2/c1-15-12-19(34-23(8-10-30-34)36-25(27)28)6-7-21(15)33-11-9-22(35)24(32-33)20(13-16(2)29)31-18-5-3-4-17(26)14-18/h3-14,25,29,31H,1-2H3/b20-13-,29-16?. The Hall–Kier alpha value is -4.31. The quantitative estimate of drug-likeness (QED) is 0.306. The molecule has 0 radical (unpaired) electrons. The molecule has 0 unspecified atom stereocenters. The predicted molar refractivity (Wildman–Crippen MR) is 135 cm³/mol. The number of aromatic nitrogens is 4. The van der Waals surface area contributed by atoms with Crippen molar-refractivity contribution in [2.24, 2.45) is 0 Å². The van der Waals surface area contributed by atoms with Crippen LogP contribution in [0.5, 0.6) is 5.88 Å². The van der Waals surface area contributed by atoms with Crippen molar-refractivity contribution in [3.63, 3.8) is 0 Å². The lowest BCUT2D eigenvalue weighted by atomic mass is 10.1. The number of hydrogen-bond acceptors (Lipinski definition) is 6. The average molecular weight is 511 g/mol. The summed E-state index contributed by atoms with van der Waals surface area (Å²) >= 11 is 6.08. The summed E-state index contributed by atoms with van der Waals surface area (Å²) in [5.41, 5.74) is 2.86. The number of ether oxygens (including phenoxy) is 1. The first-order valence-corrected chi connectivity index (χ1v) is 11.1. The highest BCUT2D eigenvalue weighted by atomic mass is 35.5. The molecule has 0 aliphatic rings. The summed E-state index contributed by atoms with van der Waals surface area (Å²) < 4.78 is 32.7. The minimum Gasteiger partial charge on any atom is -0.417 e. The summed E-state index contributed by atoms with van der Waals surface area (Å²) in [5, 5.41) is 20.1. The van der Waals surface area contributed by atoms with E-state index in [9.17, 15) is 13.6 Å². The number of benzene rings is 2. The van der Waals surface area contributed by atoms with Gasteiger partial charge in [-0.05, 0) is 61.9 Å². The fraction of sp³-hybridized carbons (Fsp3) is 0.120. The van der Waals surface area contributed by atoms with E-state index in [4.69, 9.17) is 17.0 Å². The van der Waals surface area contributed by atoms with Crippen LogP contribution < -0.4 is 15.5 Å². The van der Waals surface area contributed by atoms with Crippen molar-refractivity contribution in [1.29, 1.82) is 5.41 Å². The van der Waals surface area contributed by atoms with Gasteiger partial charge < -0.3 is 15.5 Å². The normalized spacial score (nSPS) is 11.6. The highest BCUT2D eigenvalue weighted by Crippen LogP contribution is 2.24. The van der Waals surface area contributed by atoms with E-state index in [1.54, 1.807) is 49.4 Å². The first kappa shape index (κ1) is 24.8. The molecule has 4 rings (SSSR count). The van der Waals surface area contributed by atoms with E-state index in [-0.39, 0.29) is 22.7 Å². The van der Waals surface area contributed by atoms with Crippen LogP contribution in [-0.4, -0.2) is 31.9 Å². The Kier molecular flexibility index (Phi) is 7.25. The smallest absolute Gasteiger partial charge is 0.388 e. The summed E-state index contributed by atoms with van der Waals surface area (Å²) in [6, 6.07) is 14.8. The van der Waals surface area contributed by atoms with Gasteiger partial charge in [-0.3, -0.25) is 4.79 Å². The van der Waals surface area contributed by atoms with E-state index in [0.29, 0.717) is 27.8 Å². The monoisotopic (exact) mass is 510 g/mol. The molecule has 0 saturated carbocycles. The molecule has 0 aliphatic carbocycles. The molecule has 0 atom stereocenters. The summed E-state index contributed by atoms with van der Waals surface area (Å²) in [4.78, 5) is 12.8. The van der Waals surface area contributed by atoms with E-state index in [0.717, 1.165) is 5.56 Å². The van der Waals surface area contributed by atoms with Crippen molar-refractivity contribution >= 4 is 28.7 Å². The van der Waals surface area contributed by atoms with Crippen LogP contribution in [0.4, 0.5) is 14.5 Å². The third-order valence-electron chi connectivity index (χ3n) is 5.02. The Balaban J connectivity index is 1.72. The number of nitrogens with zero attached hydrogens (tertiary/aromatic N) is 4. The van der Waals surface area contributed by atoms with E-state index in [2.05, 4.69) is 20.3 Å². The van der Waals surface area contributed by atoms with Crippen LogP contribution in [0.1, 0.15) is 18.2 Å². The van der Waals surface area contributed by atoms with E-state index < -0.39 is 6.61 Å². The maximum Gasteiger partial charge on any atom is 0.388 e. The topological polar surface area (TPSA) is 97.8 Å². The van der Waals surface area contributed by atoms with E-state index in [1.165, 1.54) is 40.0 Å². The third-order valence-corrected chi connectivity index (χ3v) is 5.25. The van der Waals surface area contributed by atoms with Gasteiger partial charge in [0.05, 0.1) is 23.3 Å². The molecule has 184 valence electrons. The molecular formula is C25H21ClF2N6O2. The molecule has 11 heteroatoms. The molecule has 0 amide bonds. The Bertz CT molecular complexity index is 1510. The van der Waals surface area contributed by atoms with Gasteiger partial charge in [0.15, 0.2) is 5.69 Å². The SMILES string of the molecule is CC(=N)/C=C(\Nc1cccc(Cl)c1)c1nn(-c2ccc(-n3nccc3OC(F)F)cc2C)ccc1=O. The molecular weight excluding hydrogens is 490 g/mol. The molecule has 2 N–H and O–H groups in total. The zero-order chi connectivity index (χ0) is 25.8. The van der Waals surface area contributed by atoms with Crippen LogP contribution >= 0.6 is 11.6 Å². The molecule has 2 heterocycles. The fourth-order valence-corrected chi connectivity index (χ4v) is 3.71. The molecule has 0 saturated heterocycles. The summed E-state index contributed by atoms with van der Waals surface area (Å²) in [6.07, 6.45) is 4.40. The highest BCUT2D eigenvalue weighted by molar-refractivity contribution is 6.30. The number of allylic oxidation sites excluding steroid dienone is 1. The Morgan fingerprint density at radius 2 is 2.00 bits per heavy atom. The maximum absolute atomic E-state index is 12.8. The molecule has 0 aliphatic heterocycles. The second-order valence-electron chi connectivity index (χ2n) is 7.78. The number of aryl methyl sites for hydroxylation is 1. The number of nitrogens with one attached hydrogen (secondary N) is 2. The molecule has 0 spiro atoms. The van der Waals surface area contributed by atoms with Crippen LogP contribution in [0.3, 0.4) is 0 Å². The van der Waals surface area contributed by atoms with Crippen LogP contribution in [0.25, 0.3) is 17.1 Å². The highest BCUT2D eigenvalue weighted by Gasteiger charge is 2.15. The molecule has 4 aromatic rings. The molecule has 36 heavy (non-hydrogen) atoms. The summed E-state index contributed by atoms with van der Waals surface area (Å²) in [6.45, 7) is 0.431. The van der Waals surface area contributed by atoms with Gasteiger partial charge in [-0.1, -0.05) is 17.7 Å². The van der Waals surface area contributed by atoms with Crippen molar-refractivity contribution in [3.8, 4) is 17.3 Å². The van der Waals surface area contributed by atoms with Gasteiger partial charge in [0, 0.05) is 34.8 Å². The third kappa shape index (κ3) is 5.66. The second-order valence-corrected chi connectivity index (χ2v) is 8.22. The summed E-state index contributed by atoms with van der Waals surface area (Å²) in [5.74, 6) is -0.0928. The van der Waals surface area contributed by atoms with Crippen molar-refractivity contribution in [2.75, 3.05) is 5.32 Å². The number of anilines is 1. The number of halogens is 3. The molecule has 2 aromatic heterocycles. The van der Waals surface area contributed by atoms with Crippen molar-refractivity contribution in [1.82, 2.24) is 19.6 Å². The van der Waals surface area contributed by atoms with Gasteiger partial charge in [-0.25, -0.2) is 9.36 Å². The Labute approximate surface area is 209 Å². The zero-order valence-electron chi connectivity index (χ0n) is 19.2. The van der Waals surface area contributed by atoms with Gasteiger partial charge in [-0.15, -0.1) is 0 Å². The van der Waals surface area contributed by atoms with Crippen molar-refractivity contribution in [3.05, 3.63) is 99.6 Å². The van der Waals surface area contributed by atoms with E-state index >= 15 is 0 Å². The van der Waals surface area contributed by atoms with Crippen LogP contribution in [0, 0.1) is 12.3 Å². The van der Waals surface area contributed by atoms with Gasteiger partial charge in [-0.2, -0.15) is 19.0 Å². The second kappa shape index (κ2) is 10.5. The molecule has 0 fully saturated rings. The van der Waals surface area contributed by atoms with Crippen LogP contribution in [-0.2, 0) is 0 Å². The first-order valence-electron chi connectivity index (χ1n) is 10.7. The Morgan fingerprint density at radius 3 is 2.69 bits per heavy atom. The van der Waals surface area contributed by atoms with Crippen LogP contribution in [0.2, 0.25) is 5.02 Å². The molecule has 2 aromatic carbocycles. The maximum atomic E-state index is 12.8. The first-order chi connectivity index (χ1) is 17.2. The Morgan fingerprint density at radius 1 is 1.19 bits per heavy atom. The molecule has 8 nitrogen and oxygen atoms in total. The van der Waals surface area contributed by atoms with Gasteiger partial charge in [0.2, 0.25) is 11.3 Å². The molecule has 0 bridgehead atoms. The van der Waals surface area contributed by atoms with Gasteiger partial charge >= 0.3 is 6.61 Å². The number of hydrogen-bond donors (Lipinski definition) is 2. The lowest BCUT2D eigenvalue weighted by molar-refractivity contribution is -0.0544. The van der Waals surface area contributed by atoms with Crippen molar-refractivity contribution < 1.29 is 13.5 Å². The van der Waals surface area contributed by atoms with Crippen molar-refractivity contribution in [2.45, 2.75) is 20.5 Å². The average Bonchev–Trinajstić information content (AvgIpc) is 3.26. The van der Waals surface area contributed by atoms with Crippen LogP contribution in [0.15, 0.2) is 77.9 Å². The number of rotatable bonds is 8. The summed E-state index contributed by atoms with van der Waals surface area (Å²) in [7, 11) is 0. The number of alkyl halides is 2. The predicted octanol–water partition coefficient (Wildman–Crippen LogP) is 5.47. The minimum atomic E-state index is -2.98. The van der Waals surface area contributed by atoms with Gasteiger partial charge in [0.25, 0.3) is 0 Å².